The first-order valence-corrected chi connectivity index (χ1v) is 7.43. The molecule has 1 amide bonds. The molecule has 1 rings (SSSR count). The standard InChI is InChI=1S/C14H20BrClN2O.ClH/c1-9(2)7-14(3,8-17)18-13(19)10-5-4-6-11(15)12(10)16;/h4-6,9H,7-8,17H2,1-3H3,(H,18,19);1H. The first-order chi connectivity index (χ1) is 8.79. The van der Waals surface area contributed by atoms with E-state index in [1.54, 1.807) is 18.2 Å². The van der Waals surface area contributed by atoms with E-state index in [4.69, 9.17) is 17.3 Å². The maximum absolute atomic E-state index is 12.3. The van der Waals surface area contributed by atoms with Crippen LogP contribution in [0.1, 0.15) is 37.6 Å². The fourth-order valence-corrected chi connectivity index (χ4v) is 2.69. The molecule has 0 aliphatic carbocycles. The van der Waals surface area contributed by atoms with Crippen LogP contribution in [0.5, 0.6) is 0 Å². The zero-order valence-electron chi connectivity index (χ0n) is 11.9. The Morgan fingerprint density at radius 2 is 2.10 bits per heavy atom. The van der Waals surface area contributed by atoms with Gasteiger partial charge in [0.15, 0.2) is 0 Å². The molecule has 1 aromatic carbocycles. The van der Waals surface area contributed by atoms with Gasteiger partial charge in [-0.3, -0.25) is 4.79 Å². The number of carbonyl (C=O) groups is 1. The summed E-state index contributed by atoms with van der Waals surface area (Å²) >= 11 is 9.44. The zero-order chi connectivity index (χ0) is 14.6. The monoisotopic (exact) mass is 382 g/mol. The highest BCUT2D eigenvalue weighted by Gasteiger charge is 2.27. The van der Waals surface area contributed by atoms with Crippen LogP contribution in [0, 0.1) is 5.92 Å². The van der Waals surface area contributed by atoms with E-state index < -0.39 is 5.54 Å². The van der Waals surface area contributed by atoms with E-state index in [0.29, 0.717) is 27.5 Å². The van der Waals surface area contributed by atoms with Crippen LogP contribution in [-0.2, 0) is 0 Å². The quantitative estimate of drug-likeness (QED) is 0.806. The van der Waals surface area contributed by atoms with Crippen molar-refractivity contribution in [3.8, 4) is 0 Å². The largest absolute Gasteiger partial charge is 0.346 e. The molecule has 0 saturated heterocycles. The van der Waals surface area contributed by atoms with Gasteiger partial charge in [-0.05, 0) is 47.3 Å². The highest BCUT2D eigenvalue weighted by Crippen LogP contribution is 2.26. The van der Waals surface area contributed by atoms with E-state index in [1.165, 1.54) is 0 Å². The number of hydrogen-bond acceptors (Lipinski definition) is 2. The number of rotatable bonds is 5. The molecule has 0 spiro atoms. The van der Waals surface area contributed by atoms with Crippen LogP contribution in [-0.4, -0.2) is 18.0 Å². The van der Waals surface area contributed by atoms with Crippen LogP contribution >= 0.6 is 39.9 Å². The SMILES string of the molecule is CC(C)CC(C)(CN)NC(=O)c1cccc(Br)c1Cl.Cl. The summed E-state index contributed by atoms with van der Waals surface area (Å²) in [6.07, 6.45) is 0.820. The molecule has 3 nitrogen and oxygen atoms in total. The summed E-state index contributed by atoms with van der Waals surface area (Å²) in [4.78, 5) is 12.3. The first kappa shape index (κ1) is 19.7. The Balaban J connectivity index is 0.00000361. The third-order valence-corrected chi connectivity index (χ3v) is 4.22. The molecule has 1 atom stereocenters. The number of hydrogen-bond donors (Lipinski definition) is 2. The van der Waals surface area contributed by atoms with Crippen LogP contribution < -0.4 is 11.1 Å². The third kappa shape index (κ3) is 5.24. The first-order valence-electron chi connectivity index (χ1n) is 6.25. The van der Waals surface area contributed by atoms with Crippen molar-refractivity contribution in [2.75, 3.05) is 6.54 Å². The number of carbonyl (C=O) groups excluding carboxylic acids is 1. The predicted molar refractivity (Wildman–Crippen MR) is 90.8 cm³/mol. The molecule has 0 radical (unpaired) electrons. The van der Waals surface area contributed by atoms with E-state index in [-0.39, 0.29) is 18.3 Å². The Morgan fingerprint density at radius 3 is 2.60 bits per heavy atom. The molecule has 0 aliphatic heterocycles. The fraction of sp³-hybridized carbons (Fsp3) is 0.500. The van der Waals surface area contributed by atoms with Crippen molar-refractivity contribution in [2.45, 2.75) is 32.7 Å². The van der Waals surface area contributed by atoms with Crippen molar-refractivity contribution in [3.63, 3.8) is 0 Å². The van der Waals surface area contributed by atoms with Gasteiger partial charge < -0.3 is 11.1 Å². The lowest BCUT2D eigenvalue weighted by atomic mass is 9.90. The summed E-state index contributed by atoms with van der Waals surface area (Å²) in [6.45, 7) is 6.55. The number of halogens is 3. The molecule has 1 aromatic rings. The van der Waals surface area contributed by atoms with E-state index in [1.807, 2.05) is 6.92 Å². The average Bonchev–Trinajstić information content (AvgIpc) is 2.31. The molecule has 6 heteroatoms. The van der Waals surface area contributed by atoms with Gasteiger partial charge >= 0.3 is 0 Å². The molecule has 20 heavy (non-hydrogen) atoms. The number of nitrogens with two attached hydrogens (primary N) is 1. The lowest BCUT2D eigenvalue weighted by molar-refractivity contribution is 0.0898. The van der Waals surface area contributed by atoms with Crippen molar-refractivity contribution in [1.29, 1.82) is 0 Å². The van der Waals surface area contributed by atoms with Gasteiger partial charge in [0.1, 0.15) is 0 Å². The van der Waals surface area contributed by atoms with Crippen LogP contribution in [0.15, 0.2) is 22.7 Å². The van der Waals surface area contributed by atoms with Gasteiger partial charge in [0.05, 0.1) is 10.6 Å². The van der Waals surface area contributed by atoms with Gasteiger partial charge in [-0.2, -0.15) is 0 Å². The number of nitrogens with one attached hydrogen (secondary N) is 1. The highest BCUT2D eigenvalue weighted by atomic mass is 79.9. The van der Waals surface area contributed by atoms with Crippen LogP contribution in [0.25, 0.3) is 0 Å². The Bertz CT molecular complexity index is 468. The second-order valence-electron chi connectivity index (χ2n) is 5.42. The van der Waals surface area contributed by atoms with Crippen LogP contribution in [0.4, 0.5) is 0 Å². The third-order valence-electron chi connectivity index (χ3n) is 2.92. The Morgan fingerprint density at radius 1 is 1.50 bits per heavy atom. The highest BCUT2D eigenvalue weighted by molar-refractivity contribution is 9.10. The number of benzene rings is 1. The molecule has 0 fully saturated rings. The van der Waals surface area contributed by atoms with Gasteiger partial charge in [-0.25, -0.2) is 0 Å². The fourth-order valence-electron chi connectivity index (χ4n) is 2.11. The molecular weight excluding hydrogens is 363 g/mol. The van der Waals surface area contributed by atoms with Crippen molar-refractivity contribution in [3.05, 3.63) is 33.3 Å². The summed E-state index contributed by atoms with van der Waals surface area (Å²) in [7, 11) is 0. The minimum atomic E-state index is -0.420. The van der Waals surface area contributed by atoms with Crippen molar-refractivity contribution < 1.29 is 4.79 Å². The maximum atomic E-state index is 12.3. The van der Waals surface area contributed by atoms with Gasteiger partial charge in [0.25, 0.3) is 5.91 Å². The normalized spacial score (nSPS) is 13.6. The van der Waals surface area contributed by atoms with Crippen molar-refractivity contribution in [1.82, 2.24) is 5.32 Å². The van der Waals surface area contributed by atoms with Gasteiger partial charge in [-0.15, -0.1) is 12.4 Å². The van der Waals surface area contributed by atoms with Gasteiger partial charge in [0.2, 0.25) is 0 Å². The Labute approximate surface area is 140 Å². The molecule has 0 bridgehead atoms. The zero-order valence-corrected chi connectivity index (χ0v) is 15.0. The Kier molecular flexibility index (Phi) is 8.11. The van der Waals surface area contributed by atoms with Crippen molar-refractivity contribution in [2.24, 2.45) is 11.7 Å². The lowest BCUT2D eigenvalue weighted by Gasteiger charge is -2.31. The summed E-state index contributed by atoms with van der Waals surface area (Å²) in [5, 5.41) is 3.41. The number of amides is 1. The van der Waals surface area contributed by atoms with Crippen LogP contribution in [0.3, 0.4) is 0 Å². The molecule has 3 N–H and O–H groups in total. The van der Waals surface area contributed by atoms with E-state index in [2.05, 4.69) is 35.1 Å². The molecule has 0 saturated carbocycles. The summed E-state index contributed by atoms with van der Waals surface area (Å²) in [6, 6.07) is 5.29. The summed E-state index contributed by atoms with van der Waals surface area (Å²) in [5.41, 5.74) is 5.83. The van der Waals surface area contributed by atoms with E-state index in [9.17, 15) is 4.79 Å². The molecule has 0 heterocycles. The topological polar surface area (TPSA) is 55.1 Å². The minimum Gasteiger partial charge on any atom is -0.346 e. The molecule has 1 unspecified atom stereocenters. The summed E-state index contributed by atoms with van der Waals surface area (Å²) < 4.78 is 0.708. The van der Waals surface area contributed by atoms with Gasteiger partial charge in [0, 0.05) is 16.6 Å². The molecule has 114 valence electrons. The smallest absolute Gasteiger partial charge is 0.253 e. The molecular formula is C14H21BrCl2N2O. The second kappa shape index (κ2) is 8.23. The summed E-state index contributed by atoms with van der Waals surface area (Å²) in [5.74, 6) is 0.256. The Hall–Kier alpha value is -0.290. The van der Waals surface area contributed by atoms with Crippen molar-refractivity contribution >= 4 is 45.8 Å². The average molecular weight is 384 g/mol. The van der Waals surface area contributed by atoms with E-state index >= 15 is 0 Å². The lowest BCUT2D eigenvalue weighted by Crippen LogP contribution is -2.52. The maximum Gasteiger partial charge on any atom is 0.253 e. The molecule has 0 aliphatic rings. The minimum absolute atomic E-state index is 0. The van der Waals surface area contributed by atoms with Crippen LogP contribution in [0.2, 0.25) is 5.02 Å². The van der Waals surface area contributed by atoms with E-state index in [0.717, 1.165) is 6.42 Å². The molecule has 0 aromatic heterocycles. The second-order valence-corrected chi connectivity index (χ2v) is 6.65. The predicted octanol–water partition coefficient (Wildman–Crippen LogP) is 4.02. The van der Waals surface area contributed by atoms with Gasteiger partial charge in [-0.1, -0.05) is 31.5 Å².